The van der Waals surface area contributed by atoms with Crippen LogP contribution in [0.15, 0.2) is 0 Å². The zero-order valence-corrected chi connectivity index (χ0v) is 13.1. The summed E-state index contributed by atoms with van der Waals surface area (Å²) >= 11 is 1.27. The number of carbonyl (C=O) groups is 1. The van der Waals surface area contributed by atoms with E-state index >= 15 is 0 Å². The van der Waals surface area contributed by atoms with Crippen molar-refractivity contribution < 1.29 is 9.90 Å². The molecule has 0 bridgehead atoms. The summed E-state index contributed by atoms with van der Waals surface area (Å²) in [6.45, 7) is 1.53. The number of piperidine rings is 1. The molecule has 2 atom stereocenters. The Morgan fingerprint density at radius 3 is 3.10 bits per heavy atom. The smallest absolute Gasteiger partial charge is 0.257 e. The molecule has 3 rings (SSSR count). The lowest BCUT2D eigenvalue weighted by Gasteiger charge is -2.47. The summed E-state index contributed by atoms with van der Waals surface area (Å²) in [5.74, 6) is 0.375. The predicted molar refractivity (Wildman–Crippen MR) is 83.7 cm³/mol. The first-order valence-electron chi connectivity index (χ1n) is 7.50. The molecule has 1 aliphatic carbocycles. The van der Waals surface area contributed by atoms with Crippen LogP contribution in [0, 0.1) is 5.92 Å². The normalized spacial score (nSPS) is 29.0. The number of fused-ring (bicyclic) bond motifs is 1. The maximum absolute atomic E-state index is 12.0. The molecule has 1 amide bonds. The van der Waals surface area contributed by atoms with Crippen LogP contribution in [0.25, 0.3) is 0 Å². The minimum absolute atomic E-state index is 0.194. The van der Waals surface area contributed by atoms with Crippen molar-refractivity contribution in [3.8, 4) is 0 Å². The molecular weight excluding hydrogens is 288 g/mol. The molecule has 2 heterocycles. The van der Waals surface area contributed by atoms with Gasteiger partial charge in [0.05, 0.1) is 5.60 Å². The summed E-state index contributed by atoms with van der Waals surface area (Å²) in [4.78, 5) is 14.2. The molecule has 1 saturated carbocycles. The minimum atomic E-state index is -0.516. The van der Waals surface area contributed by atoms with Gasteiger partial charge in [0.1, 0.15) is 10.6 Å². The number of aromatic nitrogens is 1. The summed E-state index contributed by atoms with van der Waals surface area (Å²) in [6.07, 6.45) is 5.00. The molecule has 4 N–H and O–H groups in total. The third-order valence-corrected chi connectivity index (χ3v) is 5.79. The number of nitrogens with two attached hydrogens (primary N) is 1. The lowest BCUT2D eigenvalue weighted by atomic mass is 9.71. The van der Waals surface area contributed by atoms with E-state index in [2.05, 4.69) is 14.6 Å². The third kappa shape index (κ3) is 2.48. The highest BCUT2D eigenvalue weighted by Gasteiger charge is 2.43. The van der Waals surface area contributed by atoms with Crippen LogP contribution in [0.3, 0.4) is 0 Å². The molecule has 7 heteroatoms. The topological polar surface area (TPSA) is 91.5 Å². The third-order valence-electron chi connectivity index (χ3n) is 4.87. The van der Waals surface area contributed by atoms with E-state index in [1.807, 2.05) is 0 Å². The monoisotopic (exact) mass is 310 g/mol. The molecule has 1 saturated heterocycles. The SMILES string of the molecule is CNC(=O)c1c(N)nsc1N1CCC2(O)CCCCC2C1. The van der Waals surface area contributed by atoms with Crippen molar-refractivity contribution in [3.63, 3.8) is 0 Å². The molecule has 2 unspecified atom stereocenters. The van der Waals surface area contributed by atoms with Gasteiger partial charge in [0.25, 0.3) is 5.91 Å². The molecule has 6 nitrogen and oxygen atoms in total. The van der Waals surface area contributed by atoms with Gasteiger partial charge in [0.2, 0.25) is 0 Å². The number of hydrogen-bond donors (Lipinski definition) is 3. The van der Waals surface area contributed by atoms with Crippen molar-refractivity contribution in [3.05, 3.63) is 5.56 Å². The van der Waals surface area contributed by atoms with Crippen LogP contribution in [-0.4, -0.2) is 41.1 Å². The molecule has 21 heavy (non-hydrogen) atoms. The van der Waals surface area contributed by atoms with E-state index < -0.39 is 5.60 Å². The number of hydrogen-bond acceptors (Lipinski definition) is 6. The Labute approximate surface area is 128 Å². The van der Waals surface area contributed by atoms with E-state index in [0.29, 0.717) is 11.4 Å². The standard InChI is InChI=1S/C14H22N4O2S/c1-16-12(19)10-11(15)17-21-13(10)18-7-6-14(20)5-3-2-4-9(14)8-18/h9,20H,2-8H2,1H3,(H2,15,17)(H,16,19). The number of rotatable bonds is 2. The molecule has 2 aliphatic rings. The molecular formula is C14H22N4O2S. The van der Waals surface area contributed by atoms with Gasteiger partial charge >= 0.3 is 0 Å². The lowest BCUT2D eigenvalue weighted by molar-refractivity contribution is -0.0611. The molecule has 2 fully saturated rings. The van der Waals surface area contributed by atoms with Crippen molar-refractivity contribution in [1.82, 2.24) is 9.69 Å². The van der Waals surface area contributed by atoms with Gasteiger partial charge in [-0.1, -0.05) is 12.8 Å². The Kier molecular flexibility index (Phi) is 3.79. The fraction of sp³-hybridized carbons (Fsp3) is 0.714. The molecule has 1 aromatic heterocycles. The van der Waals surface area contributed by atoms with E-state index in [-0.39, 0.29) is 11.8 Å². The van der Waals surface area contributed by atoms with Gasteiger partial charge in [-0.3, -0.25) is 4.79 Å². The molecule has 0 aromatic carbocycles. The van der Waals surface area contributed by atoms with Crippen LogP contribution < -0.4 is 16.0 Å². The Hall–Kier alpha value is -1.34. The van der Waals surface area contributed by atoms with E-state index in [1.54, 1.807) is 7.05 Å². The largest absolute Gasteiger partial charge is 0.389 e. The van der Waals surface area contributed by atoms with Gasteiger partial charge in [0.15, 0.2) is 5.82 Å². The average molecular weight is 310 g/mol. The average Bonchev–Trinajstić information content (AvgIpc) is 2.87. The first-order chi connectivity index (χ1) is 10.0. The molecule has 0 spiro atoms. The van der Waals surface area contributed by atoms with Crippen molar-refractivity contribution in [2.24, 2.45) is 5.92 Å². The number of anilines is 2. The summed E-state index contributed by atoms with van der Waals surface area (Å²) in [7, 11) is 1.60. The number of nitrogens with one attached hydrogen (secondary N) is 1. The summed E-state index contributed by atoms with van der Waals surface area (Å²) in [5.41, 5.74) is 5.80. The van der Waals surface area contributed by atoms with Gasteiger partial charge in [0, 0.05) is 26.1 Å². The Balaban J connectivity index is 1.84. The Bertz CT molecular complexity index is 547. The highest BCUT2D eigenvalue weighted by molar-refractivity contribution is 7.11. The van der Waals surface area contributed by atoms with Crippen molar-refractivity contribution in [1.29, 1.82) is 0 Å². The van der Waals surface area contributed by atoms with Crippen LogP contribution in [-0.2, 0) is 0 Å². The van der Waals surface area contributed by atoms with Gasteiger partial charge in [-0.05, 0) is 30.8 Å². The summed E-state index contributed by atoms with van der Waals surface area (Å²) in [5, 5.41) is 14.2. The van der Waals surface area contributed by atoms with Crippen LogP contribution in [0.5, 0.6) is 0 Å². The number of aliphatic hydroxyl groups is 1. The fourth-order valence-electron chi connectivity index (χ4n) is 3.60. The van der Waals surface area contributed by atoms with Gasteiger partial charge in [-0.25, -0.2) is 0 Å². The van der Waals surface area contributed by atoms with E-state index in [1.165, 1.54) is 18.0 Å². The van der Waals surface area contributed by atoms with E-state index in [4.69, 9.17) is 5.73 Å². The molecule has 1 aromatic rings. The second-order valence-corrected chi connectivity index (χ2v) is 6.82. The molecule has 0 radical (unpaired) electrons. The van der Waals surface area contributed by atoms with E-state index in [0.717, 1.165) is 43.8 Å². The number of amides is 1. The number of nitrogens with zero attached hydrogens (tertiary/aromatic N) is 2. The highest BCUT2D eigenvalue weighted by atomic mass is 32.1. The van der Waals surface area contributed by atoms with Gasteiger partial charge in [-0.2, -0.15) is 4.37 Å². The maximum atomic E-state index is 12.0. The Morgan fingerprint density at radius 1 is 1.52 bits per heavy atom. The van der Waals surface area contributed by atoms with E-state index in [9.17, 15) is 9.90 Å². The maximum Gasteiger partial charge on any atom is 0.257 e. The fourth-order valence-corrected chi connectivity index (χ4v) is 4.45. The van der Waals surface area contributed by atoms with Crippen molar-refractivity contribution in [2.75, 3.05) is 30.8 Å². The second kappa shape index (κ2) is 5.46. The quantitative estimate of drug-likeness (QED) is 0.764. The molecule has 1 aliphatic heterocycles. The predicted octanol–water partition coefficient (Wildman–Crippen LogP) is 1.22. The highest BCUT2D eigenvalue weighted by Crippen LogP contribution is 2.42. The van der Waals surface area contributed by atoms with Crippen LogP contribution in [0.4, 0.5) is 10.8 Å². The Morgan fingerprint density at radius 2 is 2.33 bits per heavy atom. The number of carbonyl (C=O) groups excluding carboxylic acids is 1. The van der Waals surface area contributed by atoms with Gasteiger partial charge in [-0.15, -0.1) is 0 Å². The zero-order chi connectivity index (χ0) is 15.0. The zero-order valence-electron chi connectivity index (χ0n) is 12.3. The first-order valence-corrected chi connectivity index (χ1v) is 8.27. The second-order valence-electron chi connectivity index (χ2n) is 6.07. The minimum Gasteiger partial charge on any atom is -0.389 e. The first kappa shape index (κ1) is 14.6. The van der Waals surface area contributed by atoms with Crippen molar-refractivity contribution in [2.45, 2.75) is 37.7 Å². The van der Waals surface area contributed by atoms with Crippen molar-refractivity contribution >= 4 is 28.3 Å². The summed E-state index contributed by atoms with van der Waals surface area (Å²) in [6, 6.07) is 0. The van der Waals surface area contributed by atoms with Gasteiger partial charge < -0.3 is 21.1 Å². The van der Waals surface area contributed by atoms with Crippen LogP contribution in [0.1, 0.15) is 42.5 Å². The summed E-state index contributed by atoms with van der Waals surface area (Å²) < 4.78 is 4.14. The number of nitrogen functional groups attached to an aromatic ring is 1. The molecule has 116 valence electrons. The van der Waals surface area contributed by atoms with Crippen LogP contribution >= 0.6 is 11.5 Å². The van der Waals surface area contributed by atoms with Crippen LogP contribution in [0.2, 0.25) is 0 Å². The lowest BCUT2D eigenvalue weighted by Crippen LogP contribution is -2.53.